The molecule has 0 radical (unpaired) electrons. The van der Waals surface area contributed by atoms with E-state index >= 15 is 0 Å². The number of aryl methyl sites for hydroxylation is 2. The normalized spacial score (nSPS) is 16.2. The van der Waals surface area contributed by atoms with Gasteiger partial charge in [0.1, 0.15) is 17.5 Å². The Morgan fingerprint density at radius 3 is 2.71 bits per heavy atom. The number of hydrogen-bond donors (Lipinski definition) is 1. The van der Waals surface area contributed by atoms with Crippen molar-refractivity contribution in [3.05, 3.63) is 77.4 Å². The Balaban J connectivity index is 1.62. The Bertz CT molecular complexity index is 989. The van der Waals surface area contributed by atoms with Crippen molar-refractivity contribution >= 4 is 17.5 Å². The molecule has 4 rings (SSSR count). The van der Waals surface area contributed by atoms with Crippen molar-refractivity contribution < 1.29 is 4.79 Å². The second-order valence-corrected chi connectivity index (χ2v) is 7.04. The van der Waals surface area contributed by atoms with E-state index in [4.69, 9.17) is 0 Å². The molecule has 3 aromatic rings. The van der Waals surface area contributed by atoms with E-state index in [2.05, 4.69) is 20.3 Å². The van der Waals surface area contributed by atoms with E-state index in [1.165, 1.54) is 0 Å². The summed E-state index contributed by atoms with van der Waals surface area (Å²) in [5.41, 5.74) is 2.62. The summed E-state index contributed by atoms with van der Waals surface area (Å²) in [6.45, 7) is 4.61. The van der Waals surface area contributed by atoms with Crippen LogP contribution < -0.4 is 5.32 Å². The summed E-state index contributed by atoms with van der Waals surface area (Å²) in [6.07, 6.45) is 3.62. The minimum Gasteiger partial charge on any atom is -0.330 e. The van der Waals surface area contributed by atoms with E-state index in [9.17, 15) is 4.79 Å². The van der Waals surface area contributed by atoms with E-state index in [0.29, 0.717) is 17.2 Å². The third kappa shape index (κ3) is 3.71. The number of amides is 1. The lowest BCUT2D eigenvalue weighted by Crippen LogP contribution is -2.31. The van der Waals surface area contributed by atoms with Crippen LogP contribution in [0.15, 0.2) is 54.7 Å². The van der Waals surface area contributed by atoms with Gasteiger partial charge in [-0.2, -0.15) is 0 Å². The van der Waals surface area contributed by atoms with E-state index in [1.807, 2.05) is 67.3 Å². The Hall–Kier alpha value is -3.28. The molecule has 142 valence electrons. The summed E-state index contributed by atoms with van der Waals surface area (Å²) >= 11 is 0. The molecule has 3 heterocycles. The molecule has 28 heavy (non-hydrogen) atoms. The number of carbonyl (C=O) groups excluding carboxylic acids is 1. The number of hydrogen-bond acceptors (Lipinski definition) is 5. The van der Waals surface area contributed by atoms with Gasteiger partial charge in [0.05, 0.1) is 11.7 Å². The molecule has 0 unspecified atom stereocenters. The van der Waals surface area contributed by atoms with Crippen molar-refractivity contribution in [2.75, 3.05) is 11.9 Å². The van der Waals surface area contributed by atoms with Gasteiger partial charge in [-0.05, 0) is 50.5 Å². The SMILES string of the molecule is Cc1nc(Nc2ncccc2C)cc([C@H]2CCCN2C(=O)c2ccccc2)n1. The Morgan fingerprint density at radius 2 is 1.93 bits per heavy atom. The minimum atomic E-state index is -0.0419. The van der Waals surface area contributed by atoms with Crippen molar-refractivity contribution in [1.29, 1.82) is 0 Å². The number of nitrogens with zero attached hydrogens (tertiary/aromatic N) is 4. The molecule has 1 aliphatic rings. The fourth-order valence-electron chi connectivity index (χ4n) is 3.63. The van der Waals surface area contributed by atoms with Crippen LogP contribution in [0.25, 0.3) is 0 Å². The molecule has 2 aromatic heterocycles. The van der Waals surface area contributed by atoms with Gasteiger partial charge < -0.3 is 10.2 Å². The van der Waals surface area contributed by atoms with E-state index in [-0.39, 0.29) is 11.9 Å². The van der Waals surface area contributed by atoms with Crippen LogP contribution in [0, 0.1) is 13.8 Å². The van der Waals surface area contributed by atoms with E-state index in [0.717, 1.165) is 36.5 Å². The maximum atomic E-state index is 13.0. The highest BCUT2D eigenvalue weighted by Crippen LogP contribution is 2.33. The van der Waals surface area contributed by atoms with Crippen molar-refractivity contribution in [2.24, 2.45) is 0 Å². The van der Waals surface area contributed by atoms with Gasteiger partial charge >= 0.3 is 0 Å². The minimum absolute atomic E-state index is 0.0419. The van der Waals surface area contributed by atoms with Gasteiger partial charge in [-0.15, -0.1) is 0 Å². The Labute approximate surface area is 164 Å². The van der Waals surface area contributed by atoms with Gasteiger partial charge in [-0.25, -0.2) is 15.0 Å². The van der Waals surface area contributed by atoms with Crippen LogP contribution in [0.1, 0.15) is 46.3 Å². The molecule has 1 aromatic carbocycles. The first-order valence-corrected chi connectivity index (χ1v) is 9.52. The van der Waals surface area contributed by atoms with Gasteiger partial charge in [0.25, 0.3) is 5.91 Å². The van der Waals surface area contributed by atoms with Crippen molar-refractivity contribution in [1.82, 2.24) is 19.9 Å². The highest BCUT2D eigenvalue weighted by atomic mass is 16.2. The first-order chi connectivity index (χ1) is 13.6. The predicted molar refractivity (Wildman–Crippen MR) is 108 cm³/mol. The average Bonchev–Trinajstić information content (AvgIpc) is 3.19. The fourth-order valence-corrected chi connectivity index (χ4v) is 3.63. The number of aromatic nitrogens is 3. The smallest absolute Gasteiger partial charge is 0.254 e. The molecule has 1 amide bonds. The standard InChI is InChI=1S/C22H23N5O/c1-15-8-6-12-23-21(15)26-20-14-18(24-16(2)25-20)19-11-7-13-27(19)22(28)17-9-4-3-5-10-17/h3-6,8-10,12,14,19H,7,11,13H2,1-2H3,(H,23,24,25,26)/t19-/m1/s1. The van der Waals surface area contributed by atoms with Crippen LogP contribution >= 0.6 is 0 Å². The quantitative estimate of drug-likeness (QED) is 0.742. The average molecular weight is 373 g/mol. The second-order valence-electron chi connectivity index (χ2n) is 7.04. The highest BCUT2D eigenvalue weighted by Gasteiger charge is 2.32. The van der Waals surface area contributed by atoms with Crippen molar-refractivity contribution in [3.8, 4) is 0 Å². The van der Waals surface area contributed by atoms with Crippen molar-refractivity contribution in [3.63, 3.8) is 0 Å². The lowest BCUT2D eigenvalue weighted by molar-refractivity contribution is 0.0732. The Morgan fingerprint density at radius 1 is 1.11 bits per heavy atom. The molecular formula is C22H23N5O. The molecule has 1 N–H and O–H groups in total. The number of anilines is 2. The molecule has 0 spiro atoms. The largest absolute Gasteiger partial charge is 0.330 e. The number of carbonyl (C=O) groups is 1. The molecule has 1 fully saturated rings. The van der Waals surface area contributed by atoms with E-state index in [1.54, 1.807) is 6.20 Å². The summed E-state index contributed by atoms with van der Waals surface area (Å²) in [6, 6.07) is 15.2. The number of likely N-dealkylation sites (tertiary alicyclic amines) is 1. The molecule has 6 nitrogen and oxygen atoms in total. The van der Waals surface area contributed by atoms with Crippen LogP contribution in [-0.4, -0.2) is 32.3 Å². The molecule has 1 aliphatic heterocycles. The molecule has 0 saturated carbocycles. The van der Waals surface area contributed by atoms with Crippen LogP contribution in [0.4, 0.5) is 11.6 Å². The summed E-state index contributed by atoms with van der Waals surface area (Å²) in [7, 11) is 0. The lowest BCUT2D eigenvalue weighted by atomic mass is 10.1. The summed E-state index contributed by atoms with van der Waals surface area (Å²) in [5.74, 6) is 2.19. The number of benzene rings is 1. The van der Waals surface area contributed by atoms with Gasteiger partial charge in [-0.3, -0.25) is 4.79 Å². The zero-order chi connectivity index (χ0) is 19.5. The highest BCUT2D eigenvalue weighted by molar-refractivity contribution is 5.94. The molecular weight excluding hydrogens is 350 g/mol. The number of pyridine rings is 1. The maximum Gasteiger partial charge on any atom is 0.254 e. The maximum absolute atomic E-state index is 13.0. The van der Waals surface area contributed by atoms with Gasteiger partial charge in [-0.1, -0.05) is 24.3 Å². The van der Waals surface area contributed by atoms with E-state index < -0.39 is 0 Å². The zero-order valence-electron chi connectivity index (χ0n) is 16.1. The van der Waals surface area contributed by atoms with Crippen LogP contribution in [0.2, 0.25) is 0 Å². The monoisotopic (exact) mass is 373 g/mol. The molecule has 0 aliphatic carbocycles. The van der Waals surface area contributed by atoms with Gasteiger partial charge in [0, 0.05) is 24.4 Å². The molecule has 1 atom stereocenters. The lowest BCUT2D eigenvalue weighted by Gasteiger charge is -2.25. The third-order valence-corrected chi connectivity index (χ3v) is 4.99. The topological polar surface area (TPSA) is 71.0 Å². The first kappa shape index (κ1) is 18.1. The predicted octanol–water partition coefficient (Wildman–Crippen LogP) is 4.21. The van der Waals surface area contributed by atoms with Crippen LogP contribution in [-0.2, 0) is 0 Å². The fraction of sp³-hybridized carbons (Fsp3) is 0.273. The molecule has 1 saturated heterocycles. The number of rotatable bonds is 4. The summed E-state index contributed by atoms with van der Waals surface area (Å²) in [5, 5.41) is 3.29. The molecule has 6 heteroatoms. The third-order valence-electron chi connectivity index (χ3n) is 4.99. The first-order valence-electron chi connectivity index (χ1n) is 9.52. The summed E-state index contributed by atoms with van der Waals surface area (Å²) in [4.78, 5) is 28.4. The number of nitrogens with one attached hydrogen (secondary N) is 1. The van der Waals surface area contributed by atoms with Crippen molar-refractivity contribution in [2.45, 2.75) is 32.7 Å². The second kappa shape index (κ2) is 7.76. The van der Waals surface area contributed by atoms with Crippen LogP contribution in [0.5, 0.6) is 0 Å². The summed E-state index contributed by atoms with van der Waals surface area (Å²) < 4.78 is 0. The zero-order valence-corrected chi connectivity index (χ0v) is 16.1. The van der Waals surface area contributed by atoms with Gasteiger partial charge in [0.15, 0.2) is 0 Å². The Kier molecular flexibility index (Phi) is 5.02. The van der Waals surface area contributed by atoms with Gasteiger partial charge in [0.2, 0.25) is 0 Å². The van der Waals surface area contributed by atoms with Crippen LogP contribution in [0.3, 0.4) is 0 Å². The molecule has 0 bridgehead atoms.